The maximum atomic E-state index is 13.0. The lowest BCUT2D eigenvalue weighted by molar-refractivity contribution is -0.121. The lowest BCUT2D eigenvalue weighted by atomic mass is 10.0. The van der Waals surface area contributed by atoms with Crippen LogP contribution in [0, 0.1) is 0 Å². The molecule has 0 aliphatic carbocycles. The van der Waals surface area contributed by atoms with Crippen LogP contribution in [0.1, 0.15) is 26.3 Å². The van der Waals surface area contributed by atoms with Gasteiger partial charge in [0.2, 0.25) is 12.3 Å². The summed E-state index contributed by atoms with van der Waals surface area (Å²) in [4.78, 5) is 35.4. The van der Waals surface area contributed by atoms with Gasteiger partial charge in [-0.2, -0.15) is 0 Å². The molecule has 1 aliphatic rings. The minimum absolute atomic E-state index is 0.0895. The maximum absolute atomic E-state index is 13.0. The van der Waals surface area contributed by atoms with Crippen LogP contribution in [0.15, 0.2) is 36.7 Å². The number of H-pyrrole nitrogens is 1. The highest BCUT2D eigenvalue weighted by Gasteiger charge is 2.31. The third-order valence-electron chi connectivity index (χ3n) is 5.44. The summed E-state index contributed by atoms with van der Waals surface area (Å²) >= 11 is 6.64. The number of piperazine rings is 1. The largest absolute Gasteiger partial charge is 0.444 e. The van der Waals surface area contributed by atoms with Crippen LogP contribution in [0.4, 0.5) is 19.3 Å². The van der Waals surface area contributed by atoms with Crippen LogP contribution in [0.5, 0.6) is 0 Å². The highest BCUT2D eigenvalue weighted by molar-refractivity contribution is 6.38. The van der Waals surface area contributed by atoms with Gasteiger partial charge in [0.05, 0.1) is 5.02 Å². The number of halogens is 3. The van der Waals surface area contributed by atoms with Gasteiger partial charge in [0.25, 0.3) is 0 Å². The summed E-state index contributed by atoms with van der Waals surface area (Å²) in [6.45, 7) is 5.87. The third-order valence-corrected chi connectivity index (χ3v) is 5.83. The maximum Gasteiger partial charge on any atom is 0.410 e. The second-order valence-corrected chi connectivity index (χ2v) is 9.49. The molecule has 0 unspecified atom stereocenters. The second kappa shape index (κ2) is 9.21. The zero-order valence-corrected chi connectivity index (χ0v) is 19.8. The molecule has 0 radical (unpaired) electrons. The molecule has 1 fully saturated rings. The van der Waals surface area contributed by atoms with E-state index >= 15 is 0 Å². The number of anilines is 1. The molecule has 7 nitrogen and oxygen atoms in total. The van der Waals surface area contributed by atoms with Gasteiger partial charge in [-0.1, -0.05) is 23.7 Å². The first-order valence-electron chi connectivity index (χ1n) is 10.8. The molecular formula is C24H25ClF2N4O3. The smallest absolute Gasteiger partial charge is 0.410 e. The fourth-order valence-corrected chi connectivity index (χ4v) is 4.29. The van der Waals surface area contributed by atoms with E-state index in [-0.39, 0.29) is 12.5 Å². The molecule has 1 N–H and O–H groups in total. The lowest BCUT2D eigenvalue weighted by Gasteiger charge is -2.35. The summed E-state index contributed by atoms with van der Waals surface area (Å²) in [6, 6.07) is 7.20. The first-order valence-corrected chi connectivity index (χ1v) is 11.2. The van der Waals surface area contributed by atoms with Gasteiger partial charge < -0.3 is 14.6 Å². The molecule has 10 heteroatoms. The molecule has 1 aliphatic heterocycles. The van der Waals surface area contributed by atoms with Gasteiger partial charge in [0.1, 0.15) is 17.8 Å². The molecule has 0 bridgehead atoms. The van der Waals surface area contributed by atoms with Crippen molar-refractivity contribution < 1.29 is 23.1 Å². The molecule has 2 aromatic heterocycles. The van der Waals surface area contributed by atoms with Gasteiger partial charge >= 0.3 is 6.09 Å². The lowest BCUT2D eigenvalue weighted by Crippen LogP contribution is -2.53. The number of carbonyl (C=O) groups is 2. The number of hydrogen-bond donors (Lipinski definition) is 1. The van der Waals surface area contributed by atoms with Crippen molar-refractivity contribution in [2.75, 3.05) is 24.5 Å². The van der Waals surface area contributed by atoms with Crippen LogP contribution in [0.25, 0.3) is 22.2 Å². The molecule has 4 rings (SSSR count). The Hall–Kier alpha value is -3.20. The average molecular weight is 491 g/mol. The van der Waals surface area contributed by atoms with E-state index in [1.807, 2.05) is 6.07 Å². The summed E-state index contributed by atoms with van der Waals surface area (Å²) in [6.07, 6.45) is -0.381. The first kappa shape index (κ1) is 23.9. The van der Waals surface area contributed by atoms with E-state index in [9.17, 15) is 18.4 Å². The number of aromatic amines is 1. The molecule has 2 amide bonds. The van der Waals surface area contributed by atoms with E-state index in [4.69, 9.17) is 16.3 Å². The highest BCUT2D eigenvalue weighted by atomic mass is 35.5. The van der Waals surface area contributed by atoms with Gasteiger partial charge in [0, 0.05) is 48.5 Å². The quantitative estimate of drug-likeness (QED) is 0.540. The van der Waals surface area contributed by atoms with E-state index in [1.54, 1.807) is 50.1 Å². The SMILES string of the molecule is CC(C)(C)OC(=O)N1CCN(c2cccc(-c3cnc4[nH]cc(CC(F)F)c4c3Cl)c2)C(=O)C1. The minimum Gasteiger partial charge on any atom is -0.444 e. The summed E-state index contributed by atoms with van der Waals surface area (Å²) in [5.74, 6) is -0.237. The van der Waals surface area contributed by atoms with Gasteiger partial charge in [-0.25, -0.2) is 18.6 Å². The highest BCUT2D eigenvalue weighted by Crippen LogP contribution is 2.36. The normalized spacial score (nSPS) is 14.9. The Kier molecular flexibility index (Phi) is 6.49. The number of carbonyl (C=O) groups excluding carboxylic acids is 2. The number of alkyl halides is 2. The molecular weight excluding hydrogens is 466 g/mol. The Bertz CT molecular complexity index is 1240. The second-order valence-electron chi connectivity index (χ2n) is 9.12. The zero-order chi connectivity index (χ0) is 24.6. The van der Waals surface area contributed by atoms with E-state index in [0.717, 1.165) is 0 Å². The number of amides is 2. The predicted molar refractivity (Wildman–Crippen MR) is 126 cm³/mol. The summed E-state index contributed by atoms with van der Waals surface area (Å²) in [7, 11) is 0. The average Bonchev–Trinajstić information content (AvgIpc) is 3.15. The van der Waals surface area contributed by atoms with Gasteiger partial charge in [-0.05, 0) is 44.0 Å². The monoisotopic (exact) mass is 490 g/mol. The number of nitrogens with zero attached hydrogens (tertiary/aromatic N) is 3. The molecule has 0 spiro atoms. The van der Waals surface area contributed by atoms with Gasteiger partial charge in [-0.15, -0.1) is 0 Å². The fourth-order valence-electron chi connectivity index (χ4n) is 3.92. The number of nitrogens with one attached hydrogen (secondary N) is 1. The van der Waals surface area contributed by atoms with Crippen LogP contribution in [0.3, 0.4) is 0 Å². The van der Waals surface area contributed by atoms with Crippen LogP contribution in [0.2, 0.25) is 5.02 Å². The predicted octanol–water partition coefficient (Wildman–Crippen LogP) is 5.27. The van der Waals surface area contributed by atoms with Crippen LogP contribution in [-0.4, -0.2) is 58.5 Å². The molecule has 180 valence electrons. The summed E-state index contributed by atoms with van der Waals surface area (Å²) in [5, 5.41) is 0.784. The van der Waals surface area contributed by atoms with E-state index in [0.29, 0.717) is 51.5 Å². The number of fused-ring (bicyclic) bond motifs is 1. The summed E-state index contributed by atoms with van der Waals surface area (Å²) in [5.41, 5.74) is 2.11. The number of ether oxygens (including phenoxy) is 1. The Labute approximate surface area is 200 Å². The van der Waals surface area contributed by atoms with E-state index in [2.05, 4.69) is 9.97 Å². The van der Waals surface area contributed by atoms with Crippen molar-refractivity contribution in [2.24, 2.45) is 0 Å². The van der Waals surface area contributed by atoms with E-state index in [1.165, 1.54) is 11.1 Å². The molecule has 0 atom stereocenters. The number of pyridine rings is 1. The number of rotatable bonds is 4. The molecule has 34 heavy (non-hydrogen) atoms. The van der Waals surface area contributed by atoms with Crippen LogP contribution < -0.4 is 4.90 Å². The Morgan fingerprint density at radius 1 is 1.29 bits per heavy atom. The van der Waals surface area contributed by atoms with Crippen LogP contribution in [-0.2, 0) is 16.0 Å². The van der Waals surface area contributed by atoms with Crippen molar-refractivity contribution in [1.29, 1.82) is 0 Å². The molecule has 1 saturated heterocycles. The van der Waals surface area contributed by atoms with Crippen LogP contribution >= 0.6 is 11.6 Å². The fraction of sp³-hybridized carbons (Fsp3) is 0.375. The Balaban J connectivity index is 1.58. The van der Waals surface area contributed by atoms with Gasteiger partial charge in [-0.3, -0.25) is 9.69 Å². The third kappa shape index (κ3) is 4.99. The number of aromatic nitrogens is 2. The number of hydrogen-bond acceptors (Lipinski definition) is 4. The Morgan fingerprint density at radius 2 is 2.06 bits per heavy atom. The van der Waals surface area contributed by atoms with E-state index < -0.39 is 24.5 Å². The number of benzene rings is 1. The van der Waals surface area contributed by atoms with Crippen molar-refractivity contribution in [3.05, 3.63) is 47.2 Å². The minimum atomic E-state index is -2.51. The molecule has 0 saturated carbocycles. The Morgan fingerprint density at radius 3 is 2.74 bits per heavy atom. The molecule has 3 aromatic rings. The van der Waals surface area contributed by atoms with Gasteiger partial charge in [0.15, 0.2) is 0 Å². The molecule has 3 heterocycles. The van der Waals surface area contributed by atoms with Crippen molar-refractivity contribution in [1.82, 2.24) is 14.9 Å². The van der Waals surface area contributed by atoms with Crippen molar-refractivity contribution >= 4 is 40.3 Å². The van der Waals surface area contributed by atoms with Crippen molar-refractivity contribution in [2.45, 2.75) is 39.2 Å². The standard InChI is InChI=1S/C24H25ClF2N4O3/c1-24(2,3)34-23(33)30-7-8-31(19(32)13-30)16-6-4-5-14(9-16)17-12-29-22-20(21(17)25)15(11-28-22)10-18(26)27/h4-6,9,11-12,18H,7-8,10,13H2,1-3H3,(H,28,29). The summed E-state index contributed by atoms with van der Waals surface area (Å²) < 4.78 is 31.3. The zero-order valence-electron chi connectivity index (χ0n) is 19.1. The topological polar surface area (TPSA) is 78.5 Å². The van der Waals surface area contributed by atoms with Crippen molar-refractivity contribution in [3.63, 3.8) is 0 Å². The first-order chi connectivity index (χ1) is 16.0. The van der Waals surface area contributed by atoms with Crippen molar-refractivity contribution in [3.8, 4) is 11.1 Å². The molecule has 1 aromatic carbocycles.